The van der Waals surface area contributed by atoms with E-state index in [2.05, 4.69) is 6.58 Å². The molecule has 6 heteroatoms. The highest BCUT2D eigenvalue weighted by Gasteiger charge is 2.27. The van der Waals surface area contributed by atoms with Crippen molar-refractivity contribution in [2.75, 3.05) is 13.1 Å². The number of amides is 1. The number of carbonyl (C=O) groups excluding carboxylic acids is 1. The Morgan fingerprint density at radius 1 is 1.35 bits per heavy atom. The van der Waals surface area contributed by atoms with E-state index >= 15 is 0 Å². The van der Waals surface area contributed by atoms with Crippen LogP contribution in [-0.4, -0.2) is 29.9 Å². The number of benzene rings is 1. The van der Waals surface area contributed by atoms with Gasteiger partial charge in [0.25, 0.3) is 5.91 Å². The third kappa shape index (κ3) is 4.07. The lowest BCUT2D eigenvalue weighted by Crippen LogP contribution is -2.45. The first-order valence-corrected chi connectivity index (χ1v) is 7.73. The smallest absolute Gasteiger partial charge is 0.269 e. The summed E-state index contributed by atoms with van der Waals surface area (Å²) < 4.78 is 27.2. The number of rotatable bonds is 4. The Balaban J connectivity index is 1.95. The Morgan fingerprint density at radius 2 is 1.96 bits per heavy atom. The molecule has 1 aromatic carbocycles. The van der Waals surface area contributed by atoms with Crippen molar-refractivity contribution in [3.05, 3.63) is 47.2 Å². The van der Waals surface area contributed by atoms with Gasteiger partial charge in [0.15, 0.2) is 0 Å². The number of likely N-dealkylation sites (tertiary alicyclic amines) is 1. The lowest BCUT2D eigenvalue weighted by molar-refractivity contribution is -0.128. The predicted molar refractivity (Wildman–Crippen MR) is 85.4 cm³/mol. The Bertz CT molecular complexity index is 610. The summed E-state index contributed by atoms with van der Waals surface area (Å²) in [6, 6.07) is 2.19. The maximum atomic E-state index is 13.8. The van der Waals surface area contributed by atoms with Gasteiger partial charge in [0.1, 0.15) is 11.6 Å². The summed E-state index contributed by atoms with van der Waals surface area (Å²) in [7, 11) is 0. The van der Waals surface area contributed by atoms with Crippen LogP contribution in [0.25, 0.3) is 0 Å². The summed E-state index contributed by atoms with van der Waals surface area (Å²) in [6.45, 7) is 6.20. The summed E-state index contributed by atoms with van der Waals surface area (Å²) in [5.41, 5.74) is 12.5. The Kier molecular flexibility index (Phi) is 5.36. The van der Waals surface area contributed by atoms with Gasteiger partial charge in [-0.15, -0.1) is 0 Å². The van der Waals surface area contributed by atoms with Crippen molar-refractivity contribution in [1.82, 2.24) is 4.90 Å². The van der Waals surface area contributed by atoms with Crippen molar-refractivity contribution in [2.45, 2.75) is 32.2 Å². The van der Waals surface area contributed by atoms with Crippen molar-refractivity contribution in [3.8, 4) is 0 Å². The number of hydrogen-bond acceptors (Lipinski definition) is 3. The van der Waals surface area contributed by atoms with Crippen molar-refractivity contribution < 1.29 is 13.6 Å². The molecule has 0 aliphatic carbocycles. The van der Waals surface area contributed by atoms with Gasteiger partial charge in [0.05, 0.1) is 5.70 Å². The second-order valence-electron chi connectivity index (χ2n) is 6.22. The summed E-state index contributed by atoms with van der Waals surface area (Å²) in [6.07, 6.45) is 1.83. The maximum Gasteiger partial charge on any atom is 0.269 e. The van der Waals surface area contributed by atoms with Crippen molar-refractivity contribution in [2.24, 2.45) is 17.4 Å². The molecule has 0 spiro atoms. The topological polar surface area (TPSA) is 72.4 Å². The molecule has 0 bridgehead atoms. The third-order valence-electron chi connectivity index (χ3n) is 4.49. The van der Waals surface area contributed by atoms with Gasteiger partial charge in [-0.05, 0) is 43.2 Å². The van der Waals surface area contributed by atoms with E-state index in [9.17, 15) is 13.6 Å². The molecule has 1 fully saturated rings. The average Bonchev–Trinajstić information content (AvgIpc) is 2.51. The Morgan fingerprint density at radius 3 is 2.52 bits per heavy atom. The normalized spacial score (nSPS) is 17.1. The van der Waals surface area contributed by atoms with Crippen molar-refractivity contribution in [1.29, 1.82) is 0 Å². The number of halogens is 2. The van der Waals surface area contributed by atoms with E-state index < -0.39 is 11.6 Å². The third-order valence-corrected chi connectivity index (χ3v) is 4.49. The van der Waals surface area contributed by atoms with Gasteiger partial charge in [0.2, 0.25) is 0 Å². The van der Waals surface area contributed by atoms with E-state index in [1.165, 1.54) is 6.07 Å². The van der Waals surface area contributed by atoms with E-state index in [1.807, 2.05) is 0 Å². The standard InChI is InChI=1S/C17H23F2N3O/c1-10-7-13(15(19)9-14(10)18)8-16(21)12-3-5-22(6-4-12)17(23)11(2)20/h7,9,12,16H,2-6,8,20-21H2,1H3. The van der Waals surface area contributed by atoms with Gasteiger partial charge in [-0.25, -0.2) is 8.78 Å². The highest BCUT2D eigenvalue weighted by molar-refractivity contribution is 5.91. The minimum Gasteiger partial charge on any atom is -0.395 e. The number of carbonyl (C=O) groups is 1. The molecule has 1 atom stereocenters. The molecule has 1 aliphatic rings. The van der Waals surface area contributed by atoms with E-state index in [1.54, 1.807) is 11.8 Å². The first-order chi connectivity index (χ1) is 10.8. The number of hydrogen-bond donors (Lipinski definition) is 2. The molecule has 4 nitrogen and oxygen atoms in total. The minimum atomic E-state index is -0.560. The molecule has 126 valence electrons. The van der Waals surface area contributed by atoms with Crippen LogP contribution < -0.4 is 11.5 Å². The van der Waals surface area contributed by atoms with Gasteiger partial charge < -0.3 is 16.4 Å². The average molecular weight is 323 g/mol. The summed E-state index contributed by atoms with van der Waals surface area (Å²) in [5, 5.41) is 0. The van der Waals surface area contributed by atoms with E-state index in [4.69, 9.17) is 11.5 Å². The zero-order chi connectivity index (χ0) is 17.1. The van der Waals surface area contributed by atoms with Gasteiger partial charge >= 0.3 is 0 Å². The van der Waals surface area contributed by atoms with Crippen LogP contribution in [0.4, 0.5) is 8.78 Å². The molecule has 1 unspecified atom stereocenters. The van der Waals surface area contributed by atoms with Crippen LogP contribution in [0.2, 0.25) is 0 Å². The number of piperidine rings is 1. The molecule has 1 aliphatic heterocycles. The van der Waals surface area contributed by atoms with Crippen LogP contribution in [-0.2, 0) is 11.2 Å². The minimum absolute atomic E-state index is 0.0385. The highest BCUT2D eigenvalue weighted by Crippen LogP contribution is 2.24. The molecular formula is C17H23F2N3O. The molecule has 1 heterocycles. The largest absolute Gasteiger partial charge is 0.395 e. The lowest BCUT2D eigenvalue weighted by atomic mass is 9.86. The van der Waals surface area contributed by atoms with E-state index in [0.29, 0.717) is 30.6 Å². The molecular weight excluding hydrogens is 300 g/mol. The van der Waals surface area contributed by atoms with Gasteiger partial charge in [-0.1, -0.05) is 12.6 Å². The second-order valence-corrected chi connectivity index (χ2v) is 6.22. The SMILES string of the molecule is C=C(N)C(=O)N1CCC(C(N)Cc2cc(C)c(F)cc2F)CC1. The fraction of sp³-hybridized carbons (Fsp3) is 0.471. The second kappa shape index (κ2) is 7.08. The van der Waals surface area contributed by atoms with Crippen molar-refractivity contribution in [3.63, 3.8) is 0 Å². The number of nitrogens with zero attached hydrogens (tertiary/aromatic N) is 1. The van der Waals surface area contributed by atoms with E-state index in [0.717, 1.165) is 18.9 Å². The van der Waals surface area contributed by atoms with Crippen LogP contribution in [0.1, 0.15) is 24.0 Å². The maximum absolute atomic E-state index is 13.8. The summed E-state index contributed by atoms with van der Waals surface area (Å²) >= 11 is 0. The Hall–Kier alpha value is -1.95. The van der Waals surface area contributed by atoms with E-state index in [-0.39, 0.29) is 23.6 Å². The number of aryl methyl sites for hydroxylation is 1. The monoisotopic (exact) mass is 323 g/mol. The van der Waals surface area contributed by atoms with Gasteiger partial charge in [0, 0.05) is 25.2 Å². The van der Waals surface area contributed by atoms with Gasteiger partial charge in [-0.3, -0.25) is 4.79 Å². The molecule has 23 heavy (non-hydrogen) atoms. The molecule has 1 saturated heterocycles. The zero-order valence-electron chi connectivity index (χ0n) is 13.3. The predicted octanol–water partition coefficient (Wildman–Crippen LogP) is 1.85. The molecule has 4 N–H and O–H groups in total. The van der Waals surface area contributed by atoms with Crippen LogP contribution in [0.5, 0.6) is 0 Å². The van der Waals surface area contributed by atoms with Crippen LogP contribution in [0, 0.1) is 24.5 Å². The molecule has 1 aromatic rings. The van der Waals surface area contributed by atoms with Crippen LogP contribution >= 0.6 is 0 Å². The quantitative estimate of drug-likeness (QED) is 0.831. The lowest BCUT2D eigenvalue weighted by Gasteiger charge is -2.34. The Labute approximate surface area is 135 Å². The first-order valence-electron chi connectivity index (χ1n) is 7.73. The molecule has 0 radical (unpaired) electrons. The fourth-order valence-corrected chi connectivity index (χ4v) is 3.03. The highest BCUT2D eigenvalue weighted by atomic mass is 19.1. The van der Waals surface area contributed by atoms with Crippen LogP contribution in [0.3, 0.4) is 0 Å². The first kappa shape index (κ1) is 17.4. The number of nitrogens with two attached hydrogens (primary N) is 2. The fourth-order valence-electron chi connectivity index (χ4n) is 3.03. The summed E-state index contributed by atoms with van der Waals surface area (Å²) in [4.78, 5) is 13.4. The van der Waals surface area contributed by atoms with Crippen molar-refractivity contribution >= 4 is 5.91 Å². The molecule has 2 rings (SSSR count). The molecule has 0 aromatic heterocycles. The molecule has 1 amide bonds. The zero-order valence-corrected chi connectivity index (χ0v) is 13.3. The van der Waals surface area contributed by atoms with Gasteiger partial charge in [-0.2, -0.15) is 0 Å². The summed E-state index contributed by atoms with van der Waals surface area (Å²) in [5.74, 6) is -1.16. The molecule has 0 saturated carbocycles. The van der Waals surface area contributed by atoms with Crippen LogP contribution in [0.15, 0.2) is 24.4 Å².